The molecule has 0 saturated heterocycles. The predicted molar refractivity (Wildman–Crippen MR) is 79.2 cm³/mol. The second-order valence-electron chi connectivity index (χ2n) is 5.74. The van der Waals surface area contributed by atoms with Crippen LogP contribution in [0.3, 0.4) is 0 Å². The third kappa shape index (κ3) is 4.53. The van der Waals surface area contributed by atoms with Gasteiger partial charge in [0, 0.05) is 11.6 Å². The van der Waals surface area contributed by atoms with Gasteiger partial charge < -0.3 is 4.74 Å². The van der Waals surface area contributed by atoms with Crippen molar-refractivity contribution in [2.45, 2.75) is 39.3 Å². The van der Waals surface area contributed by atoms with Crippen molar-refractivity contribution in [3.8, 4) is 0 Å². The van der Waals surface area contributed by atoms with Crippen LogP contribution in [-0.4, -0.2) is 19.3 Å². The first-order chi connectivity index (χ1) is 8.79. The van der Waals surface area contributed by atoms with E-state index in [0.29, 0.717) is 12.0 Å². The van der Waals surface area contributed by atoms with Crippen molar-refractivity contribution >= 4 is 15.9 Å². The van der Waals surface area contributed by atoms with Crippen LogP contribution in [0.4, 0.5) is 4.39 Å². The van der Waals surface area contributed by atoms with Gasteiger partial charge in [0.2, 0.25) is 0 Å². The zero-order chi connectivity index (χ0) is 14.6. The molecule has 1 rings (SSSR count). The molecule has 0 radical (unpaired) electrons. The Kier molecular flexibility index (Phi) is 5.92. The summed E-state index contributed by atoms with van der Waals surface area (Å²) in [7, 11) is 1.65. The van der Waals surface area contributed by atoms with Crippen LogP contribution in [0.1, 0.15) is 26.3 Å². The molecular formula is C14H22BrFN2O. The van der Waals surface area contributed by atoms with Gasteiger partial charge in [0.1, 0.15) is 5.82 Å². The Morgan fingerprint density at radius 1 is 1.42 bits per heavy atom. The average molecular weight is 333 g/mol. The molecule has 0 bridgehead atoms. The van der Waals surface area contributed by atoms with E-state index in [0.717, 1.165) is 4.47 Å². The predicted octanol–water partition coefficient (Wildman–Crippen LogP) is 3.02. The monoisotopic (exact) mass is 332 g/mol. The van der Waals surface area contributed by atoms with E-state index in [1.165, 1.54) is 6.07 Å². The molecule has 0 saturated carbocycles. The third-order valence-electron chi connectivity index (χ3n) is 3.13. The molecule has 19 heavy (non-hydrogen) atoms. The number of nitrogens with one attached hydrogen (secondary N) is 1. The molecule has 0 amide bonds. The van der Waals surface area contributed by atoms with Crippen LogP contribution in [0.5, 0.6) is 0 Å². The highest BCUT2D eigenvalue weighted by atomic mass is 79.9. The molecule has 5 heteroatoms. The fourth-order valence-corrected chi connectivity index (χ4v) is 2.72. The number of halogens is 2. The van der Waals surface area contributed by atoms with Gasteiger partial charge in [0.05, 0.1) is 12.1 Å². The summed E-state index contributed by atoms with van der Waals surface area (Å²) in [5.41, 5.74) is 3.27. The highest BCUT2D eigenvalue weighted by Crippen LogP contribution is 2.27. The van der Waals surface area contributed by atoms with Gasteiger partial charge in [-0.1, -0.05) is 36.7 Å². The molecule has 0 heterocycles. The minimum absolute atomic E-state index is 0.0890. The number of hydrazine groups is 1. The molecule has 1 aromatic carbocycles. The summed E-state index contributed by atoms with van der Waals surface area (Å²) in [6.45, 7) is 6.22. The largest absolute Gasteiger partial charge is 0.379 e. The second kappa shape index (κ2) is 6.79. The van der Waals surface area contributed by atoms with E-state index in [2.05, 4.69) is 42.1 Å². The van der Waals surface area contributed by atoms with Crippen molar-refractivity contribution in [3.05, 3.63) is 34.1 Å². The quantitative estimate of drug-likeness (QED) is 0.643. The molecule has 0 aliphatic heterocycles. The minimum Gasteiger partial charge on any atom is -0.379 e. The molecule has 108 valence electrons. The molecule has 3 nitrogen and oxygen atoms in total. The van der Waals surface area contributed by atoms with Crippen molar-refractivity contribution in [2.75, 3.05) is 7.11 Å². The fraction of sp³-hybridized carbons (Fsp3) is 0.571. The summed E-state index contributed by atoms with van der Waals surface area (Å²) in [5.74, 6) is 5.39. The number of hydrogen-bond acceptors (Lipinski definition) is 3. The summed E-state index contributed by atoms with van der Waals surface area (Å²) in [4.78, 5) is 0. The Balaban J connectivity index is 2.95. The molecule has 3 N–H and O–H groups in total. The maximum absolute atomic E-state index is 13.8. The van der Waals surface area contributed by atoms with Gasteiger partial charge in [0.25, 0.3) is 0 Å². The van der Waals surface area contributed by atoms with Crippen molar-refractivity contribution in [2.24, 2.45) is 11.3 Å². The van der Waals surface area contributed by atoms with Gasteiger partial charge >= 0.3 is 0 Å². The van der Waals surface area contributed by atoms with Gasteiger partial charge in [-0.3, -0.25) is 11.3 Å². The second-order valence-corrected chi connectivity index (χ2v) is 6.65. The van der Waals surface area contributed by atoms with Crippen molar-refractivity contribution in [3.63, 3.8) is 0 Å². The van der Waals surface area contributed by atoms with E-state index in [1.807, 2.05) is 0 Å². The summed E-state index contributed by atoms with van der Waals surface area (Å²) in [6.07, 6.45) is 0.355. The lowest BCUT2D eigenvalue weighted by atomic mass is 9.82. The van der Waals surface area contributed by atoms with E-state index in [4.69, 9.17) is 10.6 Å². The van der Waals surface area contributed by atoms with E-state index < -0.39 is 0 Å². The fourth-order valence-electron chi connectivity index (χ4n) is 2.31. The smallest absolute Gasteiger partial charge is 0.126 e. The molecule has 2 unspecified atom stereocenters. The minimum atomic E-state index is -0.229. The lowest BCUT2D eigenvalue weighted by Crippen LogP contribution is -2.51. The van der Waals surface area contributed by atoms with Gasteiger partial charge in [0.15, 0.2) is 0 Å². The third-order valence-corrected chi connectivity index (χ3v) is 3.63. The number of hydrogen-bond donors (Lipinski definition) is 2. The number of rotatable bonds is 5. The lowest BCUT2D eigenvalue weighted by Gasteiger charge is -2.35. The Labute approximate surface area is 122 Å². The first kappa shape index (κ1) is 16.6. The molecule has 0 aliphatic carbocycles. The maximum Gasteiger partial charge on any atom is 0.126 e. The Hall–Kier alpha value is -0.490. The van der Waals surface area contributed by atoms with Crippen molar-refractivity contribution < 1.29 is 9.13 Å². The molecule has 0 spiro atoms. The maximum atomic E-state index is 13.8. The summed E-state index contributed by atoms with van der Waals surface area (Å²) in [5, 5.41) is 0. The van der Waals surface area contributed by atoms with Gasteiger partial charge in [-0.15, -0.1) is 0 Å². The van der Waals surface area contributed by atoms with Crippen LogP contribution in [0.2, 0.25) is 0 Å². The van der Waals surface area contributed by atoms with Crippen LogP contribution in [0.15, 0.2) is 22.7 Å². The Morgan fingerprint density at radius 2 is 2.05 bits per heavy atom. The van der Waals surface area contributed by atoms with Crippen LogP contribution in [0.25, 0.3) is 0 Å². The first-order valence-corrected chi connectivity index (χ1v) is 7.01. The molecular weight excluding hydrogens is 311 g/mol. The SMILES string of the molecule is COC(C(Cc1cc(Br)ccc1F)NN)C(C)(C)C. The zero-order valence-electron chi connectivity index (χ0n) is 11.8. The highest BCUT2D eigenvalue weighted by molar-refractivity contribution is 9.10. The summed E-state index contributed by atoms with van der Waals surface area (Å²) < 4.78 is 20.2. The summed E-state index contributed by atoms with van der Waals surface area (Å²) >= 11 is 3.35. The topological polar surface area (TPSA) is 47.3 Å². The first-order valence-electron chi connectivity index (χ1n) is 6.22. The van der Waals surface area contributed by atoms with Gasteiger partial charge in [-0.05, 0) is 35.6 Å². The molecule has 0 fully saturated rings. The number of methoxy groups -OCH3 is 1. The van der Waals surface area contributed by atoms with E-state index in [1.54, 1.807) is 19.2 Å². The van der Waals surface area contributed by atoms with E-state index >= 15 is 0 Å². The average Bonchev–Trinajstić information content (AvgIpc) is 2.31. The van der Waals surface area contributed by atoms with Crippen LogP contribution in [-0.2, 0) is 11.2 Å². The summed E-state index contributed by atoms with van der Waals surface area (Å²) in [6, 6.07) is 4.75. The van der Waals surface area contributed by atoms with Crippen molar-refractivity contribution in [1.82, 2.24) is 5.43 Å². The zero-order valence-corrected chi connectivity index (χ0v) is 13.4. The Bertz CT molecular complexity index is 420. The number of ether oxygens (including phenoxy) is 1. The number of nitrogens with two attached hydrogens (primary N) is 1. The molecule has 0 aliphatic rings. The van der Waals surface area contributed by atoms with Crippen LogP contribution < -0.4 is 11.3 Å². The lowest BCUT2D eigenvalue weighted by molar-refractivity contribution is -0.0112. The molecule has 2 atom stereocenters. The van der Waals surface area contributed by atoms with Gasteiger partial charge in [-0.25, -0.2) is 4.39 Å². The van der Waals surface area contributed by atoms with Gasteiger partial charge in [-0.2, -0.15) is 0 Å². The Morgan fingerprint density at radius 3 is 2.53 bits per heavy atom. The highest BCUT2D eigenvalue weighted by Gasteiger charge is 2.32. The van der Waals surface area contributed by atoms with E-state index in [9.17, 15) is 4.39 Å². The number of benzene rings is 1. The van der Waals surface area contributed by atoms with Crippen molar-refractivity contribution in [1.29, 1.82) is 0 Å². The van der Waals surface area contributed by atoms with Crippen LogP contribution in [0, 0.1) is 11.2 Å². The standard InChI is InChI=1S/C14H22BrFN2O/c1-14(2,3)13(19-4)12(18-17)8-9-7-10(15)5-6-11(9)16/h5-7,12-13,18H,8,17H2,1-4H3. The normalized spacial score (nSPS) is 15.3. The molecule has 0 aromatic heterocycles. The van der Waals surface area contributed by atoms with Crippen LogP contribution >= 0.6 is 15.9 Å². The van der Waals surface area contributed by atoms with E-state index in [-0.39, 0.29) is 23.4 Å². The molecule has 1 aromatic rings.